The number of amides is 2. The topological polar surface area (TPSA) is 41.6 Å². The van der Waals surface area contributed by atoms with Crippen LogP contribution in [-0.2, 0) is 11.3 Å². The highest BCUT2D eigenvalue weighted by molar-refractivity contribution is 5.75. The number of urea groups is 1. The molecule has 2 amide bonds. The second kappa shape index (κ2) is 6.48. The van der Waals surface area contributed by atoms with Gasteiger partial charge in [-0.3, -0.25) is 0 Å². The van der Waals surface area contributed by atoms with Crippen molar-refractivity contribution in [3.05, 3.63) is 35.9 Å². The smallest absolute Gasteiger partial charge is 0.317 e. The maximum atomic E-state index is 12.1. The molecule has 0 spiro atoms. The van der Waals surface area contributed by atoms with E-state index in [1.165, 1.54) is 5.56 Å². The van der Waals surface area contributed by atoms with Crippen LogP contribution in [0.3, 0.4) is 0 Å². The maximum Gasteiger partial charge on any atom is 0.317 e. The normalized spacial score (nSPS) is 27.7. The summed E-state index contributed by atoms with van der Waals surface area (Å²) >= 11 is 0. The van der Waals surface area contributed by atoms with Gasteiger partial charge in [-0.25, -0.2) is 4.79 Å². The third-order valence-electron chi connectivity index (χ3n) is 4.46. The molecular formula is C17H24N2O2. The molecule has 0 bridgehead atoms. The fourth-order valence-corrected chi connectivity index (χ4v) is 2.84. The van der Waals surface area contributed by atoms with Crippen LogP contribution in [0, 0.1) is 11.8 Å². The molecule has 2 fully saturated rings. The van der Waals surface area contributed by atoms with Crippen LogP contribution in [0.15, 0.2) is 30.3 Å². The lowest BCUT2D eigenvalue weighted by Gasteiger charge is -2.17. The average Bonchev–Trinajstić information content (AvgIpc) is 3.00. The van der Waals surface area contributed by atoms with Crippen LogP contribution < -0.4 is 5.32 Å². The van der Waals surface area contributed by atoms with Crippen molar-refractivity contribution < 1.29 is 9.53 Å². The Bertz CT molecular complexity index is 477. The summed E-state index contributed by atoms with van der Waals surface area (Å²) in [5.74, 6) is 1.12. The molecular weight excluding hydrogens is 264 g/mol. The van der Waals surface area contributed by atoms with Gasteiger partial charge in [0, 0.05) is 25.0 Å². The van der Waals surface area contributed by atoms with Gasteiger partial charge in [-0.1, -0.05) is 37.3 Å². The van der Waals surface area contributed by atoms with E-state index in [1.54, 1.807) is 0 Å². The fourth-order valence-electron chi connectivity index (χ4n) is 2.84. The molecule has 1 aliphatic heterocycles. The number of nitrogens with one attached hydrogen (secondary N) is 1. The van der Waals surface area contributed by atoms with Gasteiger partial charge in [0.2, 0.25) is 0 Å². The van der Waals surface area contributed by atoms with Crippen molar-refractivity contribution in [1.29, 1.82) is 0 Å². The van der Waals surface area contributed by atoms with Gasteiger partial charge in [0.15, 0.2) is 0 Å². The van der Waals surface area contributed by atoms with E-state index in [9.17, 15) is 4.79 Å². The molecule has 1 N–H and O–H groups in total. The van der Waals surface area contributed by atoms with Crippen LogP contribution in [0.2, 0.25) is 0 Å². The van der Waals surface area contributed by atoms with Crippen molar-refractivity contribution >= 4 is 6.03 Å². The molecule has 1 saturated carbocycles. The lowest BCUT2D eigenvalue weighted by Crippen LogP contribution is -2.40. The molecule has 0 radical (unpaired) electrons. The number of nitrogens with zero attached hydrogens (tertiary/aromatic N) is 1. The van der Waals surface area contributed by atoms with Gasteiger partial charge in [0.1, 0.15) is 0 Å². The van der Waals surface area contributed by atoms with Crippen LogP contribution in [0.25, 0.3) is 0 Å². The number of likely N-dealkylation sites (tertiary alicyclic amines) is 1. The first-order valence-electron chi connectivity index (χ1n) is 7.89. The zero-order valence-electron chi connectivity index (χ0n) is 12.6. The summed E-state index contributed by atoms with van der Waals surface area (Å²) in [5.41, 5.74) is 1.20. The van der Waals surface area contributed by atoms with Crippen molar-refractivity contribution in [1.82, 2.24) is 10.2 Å². The molecule has 4 nitrogen and oxygen atoms in total. The van der Waals surface area contributed by atoms with Crippen LogP contribution in [0.5, 0.6) is 0 Å². The Balaban J connectivity index is 1.35. The molecule has 0 unspecified atom stereocenters. The summed E-state index contributed by atoms with van der Waals surface area (Å²) in [6.07, 6.45) is 2.17. The highest BCUT2D eigenvalue weighted by Gasteiger charge is 2.36. The van der Waals surface area contributed by atoms with E-state index in [0.29, 0.717) is 24.5 Å². The van der Waals surface area contributed by atoms with E-state index < -0.39 is 0 Å². The lowest BCUT2D eigenvalue weighted by molar-refractivity contribution is 0.0897. The summed E-state index contributed by atoms with van der Waals surface area (Å²) in [6, 6.07) is 10.7. The fraction of sp³-hybridized carbons (Fsp3) is 0.588. The second-order valence-electron chi connectivity index (χ2n) is 6.37. The summed E-state index contributed by atoms with van der Waals surface area (Å²) in [6.45, 7) is 5.24. The van der Waals surface area contributed by atoms with Gasteiger partial charge < -0.3 is 15.0 Å². The van der Waals surface area contributed by atoms with E-state index in [1.807, 2.05) is 23.1 Å². The second-order valence-corrected chi connectivity index (χ2v) is 6.37. The average molecular weight is 288 g/mol. The van der Waals surface area contributed by atoms with E-state index in [0.717, 1.165) is 32.5 Å². The van der Waals surface area contributed by atoms with E-state index in [2.05, 4.69) is 24.4 Å². The molecule has 1 heterocycles. The number of ether oxygens (including phenoxy) is 1. The van der Waals surface area contributed by atoms with Crippen molar-refractivity contribution in [2.24, 2.45) is 11.8 Å². The van der Waals surface area contributed by atoms with Crippen LogP contribution in [0.1, 0.15) is 25.3 Å². The molecule has 3 atom stereocenters. The summed E-state index contributed by atoms with van der Waals surface area (Å²) in [5, 5.41) is 3.09. The third-order valence-corrected chi connectivity index (χ3v) is 4.46. The largest absolute Gasteiger partial charge is 0.376 e. The minimum atomic E-state index is 0.106. The summed E-state index contributed by atoms with van der Waals surface area (Å²) in [7, 11) is 0. The monoisotopic (exact) mass is 288 g/mol. The van der Waals surface area contributed by atoms with E-state index in [-0.39, 0.29) is 6.03 Å². The predicted octanol–water partition coefficient (Wildman–Crippen LogP) is 2.64. The zero-order valence-corrected chi connectivity index (χ0v) is 12.6. The number of benzene rings is 1. The van der Waals surface area contributed by atoms with Crippen molar-refractivity contribution in [2.75, 3.05) is 19.7 Å². The van der Waals surface area contributed by atoms with Crippen LogP contribution >= 0.6 is 0 Å². The number of hydrogen-bond donors (Lipinski definition) is 1. The number of carbonyl (C=O) groups is 1. The van der Waals surface area contributed by atoms with E-state index >= 15 is 0 Å². The first kappa shape index (κ1) is 14.4. The Labute approximate surface area is 126 Å². The molecule has 1 aliphatic carbocycles. The molecule has 1 aromatic rings. The van der Waals surface area contributed by atoms with Gasteiger partial charge in [0.05, 0.1) is 13.2 Å². The third kappa shape index (κ3) is 3.97. The van der Waals surface area contributed by atoms with Gasteiger partial charge >= 0.3 is 6.03 Å². The Hall–Kier alpha value is -1.55. The number of hydrogen-bond acceptors (Lipinski definition) is 2. The standard InChI is InChI=1S/C17H24N2O2/c1-13-9-16(13)18-17(20)19-8-7-15(10-19)12-21-11-14-5-3-2-4-6-14/h2-6,13,15-16H,7-12H2,1H3,(H,18,20)/t13-,15-,16+/m1/s1. The molecule has 21 heavy (non-hydrogen) atoms. The molecule has 4 heteroatoms. The van der Waals surface area contributed by atoms with Crippen molar-refractivity contribution in [3.8, 4) is 0 Å². The van der Waals surface area contributed by atoms with Gasteiger partial charge in [-0.05, 0) is 24.3 Å². The molecule has 3 rings (SSSR count). The first-order chi connectivity index (χ1) is 10.2. The minimum absolute atomic E-state index is 0.106. The molecule has 0 aromatic heterocycles. The van der Waals surface area contributed by atoms with Crippen molar-refractivity contribution in [3.63, 3.8) is 0 Å². The predicted molar refractivity (Wildman–Crippen MR) is 81.9 cm³/mol. The van der Waals surface area contributed by atoms with Crippen molar-refractivity contribution in [2.45, 2.75) is 32.4 Å². The zero-order chi connectivity index (χ0) is 14.7. The highest BCUT2D eigenvalue weighted by Crippen LogP contribution is 2.29. The molecule has 114 valence electrons. The number of carbonyl (C=O) groups excluding carboxylic acids is 1. The van der Waals surface area contributed by atoms with Crippen LogP contribution in [-0.4, -0.2) is 36.7 Å². The molecule has 2 aliphatic rings. The lowest BCUT2D eigenvalue weighted by atomic mass is 10.1. The van der Waals surface area contributed by atoms with Gasteiger partial charge in [0.25, 0.3) is 0 Å². The van der Waals surface area contributed by atoms with E-state index in [4.69, 9.17) is 4.74 Å². The SMILES string of the molecule is C[C@@H]1C[C@@H]1NC(=O)N1CC[C@@H](COCc2ccccc2)C1. The first-order valence-corrected chi connectivity index (χ1v) is 7.89. The quantitative estimate of drug-likeness (QED) is 0.905. The number of rotatable bonds is 5. The Kier molecular flexibility index (Phi) is 4.44. The Morgan fingerprint density at radius 3 is 2.86 bits per heavy atom. The summed E-state index contributed by atoms with van der Waals surface area (Å²) in [4.78, 5) is 14.0. The summed E-state index contributed by atoms with van der Waals surface area (Å²) < 4.78 is 5.78. The minimum Gasteiger partial charge on any atom is -0.376 e. The molecule has 1 saturated heterocycles. The van der Waals surface area contributed by atoms with Crippen LogP contribution in [0.4, 0.5) is 4.79 Å². The Morgan fingerprint density at radius 1 is 1.38 bits per heavy atom. The Morgan fingerprint density at radius 2 is 2.14 bits per heavy atom. The maximum absolute atomic E-state index is 12.1. The molecule has 1 aromatic carbocycles. The highest BCUT2D eigenvalue weighted by atomic mass is 16.5. The van der Waals surface area contributed by atoms with Gasteiger partial charge in [-0.15, -0.1) is 0 Å². The van der Waals surface area contributed by atoms with Gasteiger partial charge in [-0.2, -0.15) is 0 Å².